The van der Waals surface area contributed by atoms with E-state index in [0.29, 0.717) is 21.4 Å². The molecule has 0 bridgehead atoms. The van der Waals surface area contributed by atoms with Gasteiger partial charge in [-0.3, -0.25) is 0 Å². The lowest BCUT2D eigenvalue weighted by molar-refractivity contribution is 0.0601. The molecule has 0 heterocycles. The topological polar surface area (TPSA) is 50.4 Å². The first-order valence-electron chi connectivity index (χ1n) is 8.98. The fourth-order valence-corrected chi connectivity index (χ4v) is 4.26. The highest BCUT2D eigenvalue weighted by atomic mass is 35.5. The molecule has 1 fully saturated rings. The number of carbonyl (C=O) groups is 1. The number of hydrogen-bond acceptors (Lipinski definition) is 3. The third-order valence-corrected chi connectivity index (χ3v) is 5.64. The van der Waals surface area contributed by atoms with E-state index in [2.05, 4.69) is 41.8 Å². The van der Waals surface area contributed by atoms with E-state index in [1.807, 2.05) is 0 Å². The molecule has 1 aliphatic rings. The Labute approximate surface area is 170 Å². The summed E-state index contributed by atoms with van der Waals surface area (Å²) in [5.41, 5.74) is 3.35. The molecule has 3 rings (SSSR count). The Kier molecular flexibility index (Phi) is 6.02. The maximum Gasteiger partial charge on any atom is 0.337 e. The quantitative estimate of drug-likeness (QED) is 0.544. The lowest BCUT2D eigenvalue weighted by atomic mass is 9.85. The van der Waals surface area contributed by atoms with Gasteiger partial charge in [-0.25, -0.2) is 4.79 Å². The van der Waals surface area contributed by atoms with E-state index in [1.54, 1.807) is 18.2 Å². The van der Waals surface area contributed by atoms with Crippen LogP contribution in [0.3, 0.4) is 0 Å². The summed E-state index contributed by atoms with van der Waals surface area (Å²) in [6.07, 6.45) is 4.36. The van der Waals surface area contributed by atoms with Gasteiger partial charge >= 0.3 is 5.97 Å². The van der Waals surface area contributed by atoms with Crippen molar-refractivity contribution in [2.45, 2.75) is 38.1 Å². The number of carbonyl (C=O) groups excluding carboxylic acids is 1. The van der Waals surface area contributed by atoms with E-state index >= 15 is 0 Å². The molecule has 0 saturated heterocycles. The number of anilines is 1. The number of rotatable bonds is 4. The van der Waals surface area contributed by atoms with Gasteiger partial charge in [-0.1, -0.05) is 48.7 Å². The molecule has 0 aromatic heterocycles. The molecule has 0 amide bonds. The van der Waals surface area contributed by atoms with Crippen molar-refractivity contribution in [3.8, 4) is 0 Å². The number of benzene rings is 2. The van der Waals surface area contributed by atoms with E-state index in [4.69, 9.17) is 28.6 Å². The first-order valence-corrected chi connectivity index (χ1v) is 9.77. The molecule has 2 N–H and O–H groups in total. The van der Waals surface area contributed by atoms with E-state index in [1.165, 1.54) is 18.2 Å². The van der Waals surface area contributed by atoms with Crippen LogP contribution in [0, 0.1) is 6.92 Å². The van der Waals surface area contributed by atoms with Crippen LogP contribution in [0.4, 0.5) is 5.69 Å². The summed E-state index contributed by atoms with van der Waals surface area (Å²) in [5.74, 6) is -0.416. The number of methoxy groups -OCH3 is 1. The zero-order valence-electron chi connectivity index (χ0n) is 15.5. The number of nitrogens with one attached hydrogen (secondary N) is 2. The van der Waals surface area contributed by atoms with Crippen molar-refractivity contribution >= 4 is 40.6 Å². The van der Waals surface area contributed by atoms with Crippen LogP contribution in [0.5, 0.6) is 0 Å². The molecule has 0 spiro atoms. The van der Waals surface area contributed by atoms with Gasteiger partial charge in [-0.15, -0.1) is 0 Å². The molecule has 142 valence electrons. The maximum atomic E-state index is 11.8. The Bertz CT molecular complexity index is 863. The lowest BCUT2D eigenvalue weighted by Crippen LogP contribution is -2.46. The van der Waals surface area contributed by atoms with Gasteiger partial charge in [0.25, 0.3) is 0 Å². The van der Waals surface area contributed by atoms with Gasteiger partial charge in [0.05, 0.1) is 28.9 Å². The molecule has 0 unspecified atom stereocenters. The molecule has 1 saturated carbocycles. The summed E-state index contributed by atoms with van der Waals surface area (Å²) in [6.45, 7) is 2.13. The molecule has 2 aromatic carbocycles. The minimum Gasteiger partial charge on any atom is -0.465 e. The highest BCUT2D eigenvalue weighted by Crippen LogP contribution is 2.40. The zero-order valence-corrected chi connectivity index (χ0v) is 17.0. The first-order chi connectivity index (χ1) is 12.9. The van der Waals surface area contributed by atoms with Gasteiger partial charge in [0.2, 0.25) is 0 Å². The fourth-order valence-electron chi connectivity index (χ4n) is 3.79. The van der Waals surface area contributed by atoms with Crippen molar-refractivity contribution in [3.05, 3.63) is 64.2 Å². The van der Waals surface area contributed by atoms with Crippen LogP contribution >= 0.6 is 23.8 Å². The Morgan fingerprint density at radius 1 is 1.19 bits per heavy atom. The second-order valence-corrected chi connectivity index (χ2v) is 7.68. The highest BCUT2D eigenvalue weighted by molar-refractivity contribution is 7.80. The van der Waals surface area contributed by atoms with Crippen molar-refractivity contribution in [2.75, 3.05) is 12.4 Å². The number of esters is 1. The maximum absolute atomic E-state index is 11.8. The molecular weight excluding hydrogens is 380 g/mol. The van der Waals surface area contributed by atoms with Gasteiger partial charge in [0, 0.05) is 0 Å². The van der Waals surface area contributed by atoms with E-state index in [9.17, 15) is 4.79 Å². The average Bonchev–Trinajstić information content (AvgIpc) is 3.12. The number of halogens is 1. The van der Waals surface area contributed by atoms with Crippen LogP contribution in [-0.2, 0) is 10.3 Å². The second-order valence-electron chi connectivity index (χ2n) is 6.87. The molecule has 0 atom stereocenters. The Hall–Kier alpha value is -2.11. The number of ether oxygens (including phenoxy) is 1. The fraction of sp³-hybridized carbons (Fsp3) is 0.333. The van der Waals surface area contributed by atoms with Gasteiger partial charge in [-0.2, -0.15) is 0 Å². The van der Waals surface area contributed by atoms with Crippen LogP contribution in [0.25, 0.3) is 0 Å². The normalized spacial score (nSPS) is 15.2. The highest BCUT2D eigenvalue weighted by Gasteiger charge is 2.37. The molecule has 1 aliphatic carbocycles. The molecule has 6 heteroatoms. The third kappa shape index (κ3) is 4.25. The molecule has 0 radical (unpaired) electrons. The van der Waals surface area contributed by atoms with Gasteiger partial charge < -0.3 is 15.4 Å². The van der Waals surface area contributed by atoms with Crippen molar-refractivity contribution in [1.82, 2.24) is 5.32 Å². The Morgan fingerprint density at radius 2 is 1.89 bits per heavy atom. The third-order valence-electron chi connectivity index (χ3n) is 5.11. The van der Waals surface area contributed by atoms with Crippen molar-refractivity contribution in [2.24, 2.45) is 0 Å². The monoisotopic (exact) mass is 402 g/mol. The van der Waals surface area contributed by atoms with E-state index in [0.717, 1.165) is 25.7 Å². The SMILES string of the molecule is COC(=O)c1ccc(Cl)c(NC(=S)NC2(c3ccccc3C)CCCC2)c1. The van der Waals surface area contributed by atoms with E-state index < -0.39 is 5.97 Å². The minimum atomic E-state index is -0.416. The van der Waals surface area contributed by atoms with Crippen molar-refractivity contribution in [3.63, 3.8) is 0 Å². The second kappa shape index (κ2) is 8.28. The number of aryl methyl sites for hydroxylation is 1. The predicted octanol–water partition coefficient (Wildman–Crippen LogP) is 5.19. The van der Waals surface area contributed by atoms with Crippen LogP contribution in [0.2, 0.25) is 5.02 Å². The van der Waals surface area contributed by atoms with Crippen LogP contribution < -0.4 is 10.6 Å². The molecule has 27 heavy (non-hydrogen) atoms. The number of hydrogen-bond donors (Lipinski definition) is 2. The summed E-state index contributed by atoms with van der Waals surface area (Å²) >= 11 is 11.9. The zero-order chi connectivity index (χ0) is 19.4. The lowest BCUT2D eigenvalue weighted by Gasteiger charge is -2.34. The Balaban J connectivity index is 1.82. The van der Waals surface area contributed by atoms with Crippen LogP contribution in [0.1, 0.15) is 47.2 Å². The summed E-state index contributed by atoms with van der Waals surface area (Å²) in [7, 11) is 1.35. The van der Waals surface area contributed by atoms with Crippen LogP contribution in [-0.4, -0.2) is 18.2 Å². The van der Waals surface area contributed by atoms with E-state index in [-0.39, 0.29) is 5.54 Å². The average molecular weight is 403 g/mol. The standard InChI is InChI=1S/C21H23ClN2O2S/c1-14-7-3-4-8-16(14)21(11-5-6-12-21)24-20(27)23-18-13-15(19(25)26-2)9-10-17(18)22/h3-4,7-10,13H,5-6,11-12H2,1-2H3,(H2,23,24,27). The van der Waals surface area contributed by atoms with Crippen LogP contribution in [0.15, 0.2) is 42.5 Å². The molecule has 4 nitrogen and oxygen atoms in total. The Morgan fingerprint density at radius 3 is 2.56 bits per heavy atom. The minimum absolute atomic E-state index is 0.179. The summed E-state index contributed by atoms with van der Waals surface area (Å²) in [6, 6.07) is 13.4. The van der Waals surface area contributed by atoms with Gasteiger partial charge in [0.15, 0.2) is 5.11 Å². The van der Waals surface area contributed by atoms with Crippen molar-refractivity contribution < 1.29 is 9.53 Å². The summed E-state index contributed by atoms with van der Waals surface area (Å²) < 4.78 is 4.77. The summed E-state index contributed by atoms with van der Waals surface area (Å²) in [4.78, 5) is 11.8. The number of thiocarbonyl (C=S) groups is 1. The smallest absolute Gasteiger partial charge is 0.337 e. The van der Waals surface area contributed by atoms with Gasteiger partial charge in [-0.05, 0) is 61.3 Å². The van der Waals surface area contributed by atoms with Gasteiger partial charge in [0.1, 0.15) is 0 Å². The summed E-state index contributed by atoms with van der Waals surface area (Å²) in [5, 5.41) is 7.66. The largest absolute Gasteiger partial charge is 0.465 e. The molecule has 2 aromatic rings. The predicted molar refractivity (Wildman–Crippen MR) is 113 cm³/mol. The first kappa shape index (κ1) is 19.6. The molecular formula is C21H23ClN2O2S. The van der Waals surface area contributed by atoms with Crippen molar-refractivity contribution in [1.29, 1.82) is 0 Å². The molecule has 0 aliphatic heterocycles.